The van der Waals surface area contributed by atoms with Crippen LogP contribution in [0.3, 0.4) is 0 Å². The van der Waals surface area contributed by atoms with Crippen LogP contribution in [0.5, 0.6) is 0 Å². The van der Waals surface area contributed by atoms with E-state index in [2.05, 4.69) is 15.7 Å². The summed E-state index contributed by atoms with van der Waals surface area (Å²) in [6.45, 7) is 4.67. The van der Waals surface area contributed by atoms with Crippen molar-refractivity contribution in [3.63, 3.8) is 0 Å². The quantitative estimate of drug-likeness (QED) is 0.778. The molecule has 0 bridgehead atoms. The van der Waals surface area contributed by atoms with Crippen LogP contribution in [-0.2, 0) is 16.1 Å². The highest BCUT2D eigenvalue weighted by molar-refractivity contribution is 5.91. The Morgan fingerprint density at radius 2 is 2.56 bits per heavy atom. The molecule has 1 saturated heterocycles. The van der Waals surface area contributed by atoms with E-state index in [4.69, 9.17) is 4.74 Å². The van der Waals surface area contributed by atoms with Gasteiger partial charge in [0, 0.05) is 12.8 Å². The number of amides is 1. The van der Waals surface area contributed by atoms with Crippen molar-refractivity contribution >= 4 is 11.6 Å². The SMILES string of the molecule is CCNCC(=O)Nc1cnn(CC2CCCO2)c1. The summed E-state index contributed by atoms with van der Waals surface area (Å²) in [7, 11) is 0. The normalized spacial score (nSPS) is 19.1. The van der Waals surface area contributed by atoms with Gasteiger partial charge in [0.15, 0.2) is 0 Å². The minimum absolute atomic E-state index is 0.0477. The van der Waals surface area contributed by atoms with Gasteiger partial charge in [-0.05, 0) is 19.4 Å². The summed E-state index contributed by atoms with van der Waals surface area (Å²) in [5, 5.41) is 9.99. The molecule has 18 heavy (non-hydrogen) atoms. The second kappa shape index (κ2) is 6.51. The molecule has 1 fully saturated rings. The number of aromatic nitrogens is 2. The van der Waals surface area contributed by atoms with Crippen molar-refractivity contribution in [1.29, 1.82) is 0 Å². The molecule has 2 heterocycles. The first-order valence-corrected chi connectivity index (χ1v) is 6.42. The number of nitrogens with zero attached hydrogens (tertiary/aromatic N) is 2. The molecule has 6 nitrogen and oxygen atoms in total. The Bertz CT molecular complexity index is 385. The molecule has 6 heteroatoms. The van der Waals surface area contributed by atoms with Crippen molar-refractivity contribution in [2.45, 2.75) is 32.4 Å². The maximum absolute atomic E-state index is 11.5. The van der Waals surface area contributed by atoms with Crippen molar-refractivity contribution in [1.82, 2.24) is 15.1 Å². The third kappa shape index (κ3) is 3.82. The average Bonchev–Trinajstić information content (AvgIpc) is 2.99. The van der Waals surface area contributed by atoms with Gasteiger partial charge in [0.05, 0.1) is 31.1 Å². The van der Waals surface area contributed by atoms with E-state index in [0.29, 0.717) is 6.54 Å². The van der Waals surface area contributed by atoms with Crippen molar-refractivity contribution in [2.24, 2.45) is 0 Å². The zero-order valence-corrected chi connectivity index (χ0v) is 10.7. The fourth-order valence-electron chi connectivity index (χ4n) is 1.97. The van der Waals surface area contributed by atoms with E-state index in [9.17, 15) is 4.79 Å². The summed E-state index contributed by atoms with van der Waals surface area (Å²) < 4.78 is 7.36. The Hall–Kier alpha value is -1.40. The van der Waals surface area contributed by atoms with Gasteiger partial charge in [-0.3, -0.25) is 9.48 Å². The fraction of sp³-hybridized carbons (Fsp3) is 0.667. The van der Waals surface area contributed by atoms with Gasteiger partial charge in [0.25, 0.3) is 0 Å². The van der Waals surface area contributed by atoms with Crippen LogP contribution in [0.15, 0.2) is 12.4 Å². The Kier molecular flexibility index (Phi) is 4.72. The summed E-state index contributed by atoms with van der Waals surface area (Å²) in [4.78, 5) is 11.5. The van der Waals surface area contributed by atoms with E-state index in [1.807, 2.05) is 17.8 Å². The average molecular weight is 252 g/mol. The van der Waals surface area contributed by atoms with Gasteiger partial charge in [0.2, 0.25) is 5.91 Å². The van der Waals surface area contributed by atoms with Crippen LogP contribution in [0, 0.1) is 0 Å². The molecule has 1 unspecified atom stereocenters. The molecule has 0 saturated carbocycles. The predicted octanol–water partition coefficient (Wildman–Crippen LogP) is 0.610. The second-order valence-electron chi connectivity index (χ2n) is 4.41. The van der Waals surface area contributed by atoms with E-state index in [1.165, 1.54) is 0 Å². The molecule has 1 aromatic heterocycles. The summed E-state index contributed by atoms with van der Waals surface area (Å²) in [5.41, 5.74) is 0.732. The molecule has 100 valence electrons. The summed E-state index contributed by atoms with van der Waals surface area (Å²) in [5.74, 6) is -0.0477. The molecule has 0 aromatic carbocycles. The van der Waals surface area contributed by atoms with Crippen LogP contribution in [0.4, 0.5) is 5.69 Å². The molecular weight excluding hydrogens is 232 g/mol. The van der Waals surface area contributed by atoms with Gasteiger partial charge < -0.3 is 15.4 Å². The van der Waals surface area contributed by atoms with Crippen LogP contribution in [-0.4, -0.2) is 41.5 Å². The molecule has 1 aliphatic rings. The highest BCUT2D eigenvalue weighted by Crippen LogP contribution is 2.14. The van der Waals surface area contributed by atoms with E-state index in [0.717, 1.165) is 38.2 Å². The van der Waals surface area contributed by atoms with Crippen LogP contribution in [0.25, 0.3) is 0 Å². The number of nitrogens with one attached hydrogen (secondary N) is 2. The highest BCUT2D eigenvalue weighted by atomic mass is 16.5. The first kappa shape index (κ1) is 13.0. The largest absolute Gasteiger partial charge is 0.376 e. The van der Waals surface area contributed by atoms with Crippen LogP contribution in [0.2, 0.25) is 0 Å². The van der Waals surface area contributed by atoms with Crippen molar-refractivity contribution in [2.75, 3.05) is 25.0 Å². The molecule has 0 radical (unpaired) electrons. The smallest absolute Gasteiger partial charge is 0.238 e. The number of carbonyl (C=O) groups excluding carboxylic acids is 1. The first-order chi connectivity index (χ1) is 8.78. The maximum Gasteiger partial charge on any atom is 0.238 e. The topological polar surface area (TPSA) is 68.2 Å². The number of hydrogen-bond acceptors (Lipinski definition) is 4. The lowest BCUT2D eigenvalue weighted by Gasteiger charge is -2.08. The number of rotatable bonds is 6. The van der Waals surface area contributed by atoms with Crippen molar-refractivity contribution < 1.29 is 9.53 Å². The molecule has 2 rings (SSSR count). The number of carbonyl (C=O) groups is 1. The van der Waals surface area contributed by atoms with Crippen LogP contribution < -0.4 is 10.6 Å². The molecule has 1 amide bonds. The zero-order valence-electron chi connectivity index (χ0n) is 10.7. The summed E-state index contributed by atoms with van der Waals surface area (Å²) in [6.07, 6.45) is 5.97. The minimum Gasteiger partial charge on any atom is -0.376 e. The molecule has 0 aliphatic carbocycles. The Balaban J connectivity index is 1.79. The first-order valence-electron chi connectivity index (χ1n) is 6.42. The molecule has 0 spiro atoms. The zero-order chi connectivity index (χ0) is 12.8. The lowest BCUT2D eigenvalue weighted by molar-refractivity contribution is -0.115. The van der Waals surface area contributed by atoms with E-state index >= 15 is 0 Å². The lowest BCUT2D eigenvalue weighted by atomic mass is 10.2. The molecule has 1 aliphatic heterocycles. The Morgan fingerprint density at radius 1 is 1.67 bits per heavy atom. The van der Waals surface area contributed by atoms with E-state index < -0.39 is 0 Å². The third-order valence-electron chi connectivity index (χ3n) is 2.87. The summed E-state index contributed by atoms with van der Waals surface area (Å²) >= 11 is 0. The Morgan fingerprint density at radius 3 is 3.28 bits per heavy atom. The standard InChI is InChI=1S/C12H20N4O2/c1-2-13-7-12(17)15-10-6-14-16(8-10)9-11-4-3-5-18-11/h6,8,11,13H,2-5,7,9H2,1H3,(H,15,17). The van der Waals surface area contributed by atoms with Gasteiger partial charge in [-0.2, -0.15) is 5.10 Å². The van der Waals surface area contributed by atoms with Crippen molar-refractivity contribution in [3.05, 3.63) is 12.4 Å². The third-order valence-corrected chi connectivity index (χ3v) is 2.87. The highest BCUT2D eigenvalue weighted by Gasteiger charge is 2.16. The van der Waals surface area contributed by atoms with E-state index in [1.54, 1.807) is 6.20 Å². The molecule has 2 N–H and O–H groups in total. The minimum atomic E-state index is -0.0477. The molecule has 1 aromatic rings. The van der Waals surface area contributed by atoms with Gasteiger partial charge in [-0.25, -0.2) is 0 Å². The fourth-order valence-corrected chi connectivity index (χ4v) is 1.97. The van der Waals surface area contributed by atoms with Crippen LogP contribution >= 0.6 is 0 Å². The van der Waals surface area contributed by atoms with Gasteiger partial charge in [-0.1, -0.05) is 6.92 Å². The maximum atomic E-state index is 11.5. The predicted molar refractivity (Wildman–Crippen MR) is 68.4 cm³/mol. The monoisotopic (exact) mass is 252 g/mol. The number of anilines is 1. The molecule has 1 atom stereocenters. The second-order valence-corrected chi connectivity index (χ2v) is 4.41. The van der Waals surface area contributed by atoms with Gasteiger partial charge >= 0.3 is 0 Å². The number of likely N-dealkylation sites (N-methyl/N-ethyl adjacent to an activating group) is 1. The number of ether oxygens (including phenoxy) is 1. The van der Waals surface area contributed by atoms with Gasteiger partial charge in [-0.15, -0.1) is 0 Å². The van der Waals surface area contributed by atoms with Gasteiger partial charge in [0.1, 0.15) is 0 Å². The summed E-state index contributed by atoms with van der Waals surface area (Å²) in [6, 6.07) is 0. The molecular formula is C12H20N4O2. The number of hydrogen-bond donors (Lipinski definition) is 2. The van der Waals surface area contributed by atoms with E-state index in [-0.39, 0.29) is 12.0 Å². The van der Waals surface area contributed by atoms with Crippen LogP contribution in [0.1, 0.15) is 19.8 Å². The Labute approximate surface area is 107 Å². The van der Waals surface area contributed by atoms with Crippen molar-refractivity contribution in [3.8, 4) is 0 Å². The lowest BCUT2D eigenvalue weighted by Crippen LogP contribution is -2.27.